The minimum atomic E-state index is -4.24. The van der Waals surface area contributed by atoms with Crippen molar-refractivity contribution >= 4 is 5.78 Å². The Hall–Kier alpha value is -0.580. The van der Waals surface area contributed by atoms with Gasteiger partial charge in [0.15, 0.2) is 0 Å². The quantitative estimate of drug-likeness (QED) is 0.733. The molecule has 2 unspecified atom stereocenters. The van der Waals surface area contributed by atoms with Gasteiger partial charge in [0.2, 0.25) is 0 Å². The monoisotopic (exact) mass is 224 g/mol. The van der Waals surface area contributed by atoms with Gasteiger partial charge in [-0.05, 0) is 12.8 Å². The van der Waals surface area contributed by atoms with Crippen molar-refractivity contribution in [2.24, 2.45) is 5.92 Å². The van der Waals surface area contributed by atoms with Gasteiger partial charge in [-0.15, -0.1) is 0 Å². The average molecular weight is 224 g/mol. The fourth-order valence-corrected chi connectivity index (χ4v) is 1.87. The molecule has 0 aromatic rings. The van der Waals surface area contributed by atoms with Crippen LogP contribution in [0.15, 0.2) is 0 Å². The highest BCUT2D eigenvalue weighted by Crippen LogP contribution is 2.28. The number of halogens is 3. The van der Waals surface area contributed by atoms with Gasteiger partial charge in [0.25, 0.3) is 0 Å². The van der Waals surface area contributed by atoms with Crippen LogP contribution in [0.3, 0.4) is 0 Å². The molecule has 1 aliphatic heterocycles. The number of carbonyl (C=O) groups excluding carboxylic acids is 1. The summed E-state index contributed by atoms with van der Waals surface area (Å²) in [4.78, 5) is 11.5. The lowest BCUT2D eigenvalue weighted by Crippen LogP contribution is -2.25. The van der Waals surface area contributed by atoms with Gasteiger partial charge in [-0.1, -0.05) is 6.92 Å². The third-order valence-corrected chi connectivity index (χ3v) is 2.68. The van der Waals surface area contributed by atoms with E-state index in [1.807, 2.05) is 6.92 Å². The van der Waals surface area contributed by atoms with E-state index in [0.717, 1.165) is 0 Å². The van der Waals surface area contributed by atoms with Crippen molar-refractivity contribution in [2.45, 2.75) is 44.9 Å². The summed E-state index contributed by atoms with van der Waals surface area (Å²) in [6.45, 7) is 2.36. The van der Waals surface area contributed by atoms with Crippen LogP contribution < -0.4 is 0 Å². The Labute approximate surface area is 86.8 Å². The van der Waals surface area contributed by atoms with Gasteiger partial charge in [0.05, 0.1) is 12.5 Å². The SMILES string of the molecule is CCC1OCCC1C(=O)CCC(F)(F)F. The first-order valence-corrected chi connectivity index (χ1v) is 5.15. The van der Waals surface area contributed by atoms with Crippen LogP contribution >= 0.6 is 0 Å². The maximum Gasteiger partial charge on any atom is 0.389 e. The highest BCUT2D eigenvalue weighted by atomic mass is 19.4. The molecule has 1 rings (SSSR count). The van der Waals surface area contributed by atoms with Gasteiger partial charge >= 0.3 is 6.18 Å². The first kappa shape index (κ1) is 12.5. The summed E-state index contributed by atoms with van der Waals surface area (Å²) in [5.74, 6) is -0.631. The Morgan fingerprint density at radius 3 is 2.67 bits per heavy atom. The number of hydrogen-bond donors (Lipinski definition) is 0. The van der Waals surface area contributed by atoms with Gasteiger partial charge < -0.3 is 4.74 Å². The minimum Gasteiger partial charge on any atom is -0.377 e. The molecule has 0 bridgehead atoms. The Balaban J connectivity index is 2.40. The van der Waals surface area contributed by atoms with Crippen molar-refractivity contribution in [2.75, 3.05) is 6.61 Å². The highest BCUT2D eigenvalue weighted by molar-refractivity contribution is 5.81. The fourth-order valence-electron chi connectivity index (χ4n) is 1.87. The number of hydrogen-bond acceptors (Lipinski definition) is 2. The van der Waals surface area contributed by atoms with E-state index in [0.29, 0.717) is 19.4 Å². The number of carbonyl (C=O) groups is 1. The normalized spacial score (nSPS) is 26.9. The number of ketones is 1. The van der Waals surface area contributed by atoms with E-state index in [9.17, 15) is 18.0 Å². The van der Waals surface area contributed by atoms with E-state index < -0.39 is 19.0 Å². The third-order valence-electron chi connectivity index (χ3n) is 2.68. The van der Waals surface area contributed by atoms with Crippen LogP contribution in [0.4, 0.5) is 13.2 Å². The van der Waals surface area contributed by atoms with Crippen LogP contribution in [-0.4, -0.2) is 24.7 Å². The predicted octanol–water partition coefficient (Wildman–Crippen LogP) is 2.71. The molecule has 0 aromatic heterocycles. The van der Waals surface area contributed by atoms with Gasteiger partial charge in [0, 0.05) is 18.9 Å². The molecule has 5 heteroatoms. The molecule has 0 aromatic carbocycles. The molecule has 1 saturated heterocycles. The lowest BCUT2D eigenvalue weighted by molar-refractivity contribution is -0.145. The number of ether oxygens (including phenoxy) is 1. The van der Waals surface area contributed by atoms with Crippen LogP contribution in [-0.2, 0) is 9.53 Å². The molecule has 1 heterocycles. The zero-order chi connectivity index (χ0) is 11.5. The van der Waals surface area contributed by atoms with E-state index in [1.54, 1.807) is 0 Å². The summed E-state index contributed by atoms with van der Waals surface area (Å²) >= 11 is 0. The largest absolute Gasteiger partial charge is 0.389 e. The Bertz CT molecular complexity index is 225. The van der Waals surface area contributed by atoms with Crippen molar-refractivity contribution in [3.05, 3.63) is 0 Å². The summed E-state index contributed by atoms with van der Waals surface area (Å²) in [6.07, 6.45) is -4.59. The second-order valence-corrected chi connectivity index (χ2v) is 3.79. The molecular weight excluding hydrogens is 209 g/mol. The number of Topliss-reactive ketones (excluding diaryl/α,β-unsaturated/α-hetero) is 1. The summed E-state index contributed by atoms with van der Waals surface area (Å²) in [5.41, 5.74) is 0. The van der Waals surface area contributed by atoms with Crippen molar-refractivity contribution in [1.82, 2.24) is 0 Å². The van der Waals surface area contributed by atoms with Crippen molar-refractivity contribution < 1.29 is 22.7 Å². The Kier molecular flexibility index (Phi) is 4.13. The van der Waals surface area contributed by atoms with Crippen LogP contribution in [0, 0.1) is 5.92 Å². The van der Waals surface area contributed by atoms with Crippen LogP contribution in [0.1, 0.15) is 32.6 Å². The molecule has 88 valence electrons. The number of alkyl halides is 3. The molecule has 1 aliphatic rings. The predicted molar refractivity (Wildman–Crippen MR) is 48.4 cm³/mol. The smallest absolute Gasteiger partial charge is 0.377 e. The lowest BCUT2D eigenvalue weighted by atomic mass is 9.92. The maximum absolute atomic E-state index is 11.9. The summed E-state index contributed by atoms with van der Waals surface area (Å²) in [7, 11) is 0. The summed E-state index contributed by atoms with van der Waals surface area (Å²) in [6, 6.07) is 0. The van der Waals surface area contributed by atoms with Crippen LogP contribution in [0.2, 0.25) is 0 Å². The first-order chi connectivity index (χ1) is 6.94. The summed E-state index contributed by atoms with van der Waals surface area (Å²) < 4.78 is 41.0. The second-order valence-electron chi connectivity index (χ2n) is 3.79. The molecule has 0 radical (unpaired) electrons. The van der Waals surface area contributed by atoms with Gasteiger partial charge in [-0.3, -0.25) is 4.79 Å². The first-order valence-electron chi connectivity index (χ1n) is 5.15. The maximum atomic E-state index is 11.9. The molecule has 2 atom stereocenters. The molecule has 0 saturated carbocycles. The zero-order valence-electron chi connectivity index (χ0n) is 8.64. The fraction of sp³-hybridized carbons (Fsp3) is 0.900. The van der Waals surface area contributed by atoms with E-state index in [-0.39, 0.29) is 17.8 Å². The van der Waals surface area contributed by atoms with Crippen molar-refractivity contribution in [3.8, 4) is 0 Å². The van der Waals surface area contributed by atoms with Gasteiger partial charge in [-0.25, -0.2) is 0 Å². The molecule has 0 N–H and O–H groups in total. The third kappa shape index (κ3) is 3.81. The van der Waals surface area contributed by atoms with Crippen molar-refractivity contribution in [3.63, 3.8) is 0 Å². The molecular formula is C10H15F3O2. The van der Waals surface area contributed by atoms with E-state index in [4.69, 9.17) is 4.74 Å². The minimum absolute atomic E-state index is 0.175. The van der Waals surface area contributed by atoms with Crippen LogP contribution in [0.25, 0.3) is 0 Å². The van der Waals surface area contributed by atoms with Gasteiger partial charge in [0.1, 0.15) is 5.78 Å². The molecule has 0 spiro atoms. The molecule has 0 amide bonds. The highest BCUT2D eigenvalue weighted by Gasteiger charge is 2.35. The topological polar surface area (TPSA) is 26.3 Å². The van der Waals surface area contributed by atoms with E-state index >= 15 is 0 Å². The second kappa shape index (κ2) is 4.96. The van der Waals surface area contributed by atoms with Crippen molar-refractivity contribution in [1.29, 1.82) is 0 Å². The number of rotatable bonds is 4. The average Bonchev–Trinajstić information content (AvgIpc) is 2.60. The Morgan fingerprint density at radius 2 is 2.13 bits per heavy atom. The standard InChI is InChI=1S/C10H15F3O2/c1-2-9-7(4-6-15-9)8(14)3-5-10(11,12)13/h7,9H,2-6H2,1H3. The van der Waals surface area contributed by atoms with Gasteiger partial charge in [-0.2, -0.15) is 13.2 Å². The molecule has 2 nitrogen and oxygen atoms in total. The van der Waals surface area contributed by atoms with Crippen LogP contribution in [0.5, 0.6) is 0 Å². The molecule has 1 fully saturated rings. The molecule has 0 aliphatic carbocycles. The van der Waals surface area contributed by atoms with E-state index in [1.165, 1.54) is 0 Å². The summed E-state index contributed by atoms with van der Waals surface area (Å²) in [5, 5.41) is 0. The van der Waals surface area contributed by atoms with E-state index in [2.05, 4.69) is 0 Å². The zero-order valence-corrected chi connectivity index (χ0v) is 8.64. The lowest BCUT2D eigenvalue weighted by Gasteiger charge is -2.15. The Morgan fingerprint density at radius 1 is 1.47 bits per heavy atom. The molecule has 15 heavy (non-hydrogen) atoms.